The average molecular weight is 287 g/mol. The summed E-state index contributed by atoms with van der Waals surface area (Å²) in [5.41, 5.74) is 0.328. The van der Waals surface area contributed by atoms with Gasteiger partial charge in [-0.1, -0.05) is 22.9 Å². The standard InChI is InChI=1S/C11H11BrO4/c1-2-9(11(14)15)16-10-4-3-8(12)5-7(10)6-13/h3-6,9H,2H2,1H3,(H,14,15)/t9-/m0/s1. The van der Waals surface area contributed by atoms with Gasteiger partial charge in [-0.2, -0.15) is 0 Å². The zero-order valence-electron chi connectivity index (χ0n) is 8.64. The molecule has 86 valence electrons. The molecule has 1 atom stereocenters. The molecule has 0 aliphatic heterocycles. The molecule has 0 aliphatic carbocycles. The topological polar surface area (TPSA) is 63.6 Å². The number of benzene rings is 1. The lowest BCUT2D eigenvalue weighted by atomic mass is 10.2. The molecule has 0 aromatic heterocycles. The van der Waals surface area contributed by atoms with Crippen molar-refractivity contribution in [1.82, 2.24) is 0 Å². The van der Waals surface area contributed by atoms with Crippen LogP contribution in [0.25, 0.3) is 0 Å². The summed E-state index contributed by atoms with van der Waals surface area (Å²) in [5, 5.41) is 8.83. The fourth-order valence-corrected chi connectivity index (χ4v) is 1.56. The van der Waals surface area contributed by atoms with Crippen molar-refractivity contribution < 1.29 is 19.4 Å². The molecular formula is C11H11BrO4. The normalized spacial score (nSPS) is 11.9. The van der Waals surface area contributed by atoms with E-state index in [4.69, 9.17) is 9.84 Å². The molecule has 16 heavy (non-hydrogen) atoms. The molecular weight excluding hydrogens is 276 g/mol. The summed E-state index contributed by atoms with van der Waals surface area (Å²) >= 11 is 3.22. The molecule has 0 bridgehead atoms. The maximum Gasteiger partial charge on any atom is 0.344 e. The molecule has 0 unspecified atom stereocenters. The van der Waals surface area contributed by atoms with Gasteiger partial charge < -0.3 is 9.84 Å². The highest BCUT2D eigenvalue weighted by atomic mass is 79.9. The zero-order valence-corrected chi connectivity index (χ0v) is 10.2. The van der Waals surface area contributed by atoms with Crippen LogP contribution in [0.4, 0.5) is 0 Å². The Balaban J connectivity index is 2.95. The number of halogens is 1. The van der Waals surface area contributed by atoms with Gasteiger partial charge in [0.25, 0.3) is 0 Å². The number of carboxylic acid groups (broad SMARTS) is 1. The lowest BCUT2D eigenvalue weighted by Gasteiger charge is -2.14. The highest BCUT2D eigenvalue weighted by Crippen LogP contribution is 2.23. The second kappa shape index (κ2) is 5.65. The lowest BCUT2D eigenvalue weighted by molar-refractivity contribution is -0.145. The number of carboxylic acids is 1. The summed E-state index contributed by atoms with van der Waals surface area (Å²) in [6.45, 7) is 1.71. The molecule has 0 heterocycles. The van der Waals surface area contributed by atoms with Gasteiger partial charge in [0, 0.05) is 4.47 Å². The molecule has 0 radical (unpaired) electrons. The van der Waals surface area contributed by atoms with Crippen molar-refractivity contribution in [2.45, 2.75) is 19.4 Å². The molecule has 1 aromatic rings. The van der Waals surface area contributed by atoms with Crippen molar-refractivity contribution in [3.8, 4) is 5.75 Å². The monoisotopic (exact) mass is 286 g/mol. The fraction of sp³-hybridized carbons (Fsp3) is 0.273. The van der Waals surface area contributed by atoms with Crippen molar-refractivity contribution in [2.24, 2.45) is 0 Å². The summed E-state index contributed by atoms with van der Waals surface area (Å²) < 4.78 is 5.99. The van der Waals surface area contributed by atoms with Crippen molar-refractivity contribution in [2.75, 3.05) is 0 Å². The highest BCUT2D eigenvalue weighted by molar-refractivity contribution is 9.10. The van der Waals surface area contributed by atoms with E-state index in [-0.39, 0.29) is 5.75 Å². The summed E-state index contributed by atoms with van der Waals surface area (Å²) in [6, 6.07) is 4.84. The molecule has 0 spiro atoms. The minimum Gasteiger partial charge on any atom is -0.479 e. The minimum atomic E-state index is -1.04. The van der Waals surface area contributed by atoms with Gasteiger partial charge in [-0.25, -0.2) is 4.79 Å². The third-order valence-corrected chi connectivity index (χ3v) is 2.51. The first kappa shape index (κ1) is 12.7. The van der Waals surface area contributed by atoms with Crippen LogP contribution in [0.3, 0.4) is 0 Å². The molecule has 1 N–H and O–H groups in total. The molecule has 1 aromatic carbocycles. The third-order valence-electron chi connectivity index (χ3n) is 2.01. The van der Waals surface area contributed by atoms with Crippen LogP contribution in [0.15, 0.2) is 22.7 Å². The predicted octanol–water partition coefficient (Wildman–Crippen LogP) is 2.50. The van der Waals surface area contributed by atoms with E-state index in [1.54, 1.807) is 25.1 Å². The largest absolute Gasteiger partial charge is 0.479 e. The van der Waals surface area contributed by atoms with Gasteiger partial charge in [0.15, 0.2) is 12.4 Å². The van der Waals surface area contributed by atoms with Gasteiger partial charge >= 0.3 is 5.97 Å². The van der Waals surface area contributed by atoms with Crippen molar-refractivity contribution in [3.63, 3.8) is 0 Å². The van der Waals surface area contributed by atoms with E-state index in [1.807, 2.05) is 0 Å². The van der Waals surface area contributed by atoms with Crippen LogP contribution in [0.5, 0.6) is 5.75 Å². The summed E-state index contributed by atoms with van der Waals surface area (Å²) in [4.78, 5) is 21.5. The highest BCUT2D eigenvalue weighted by Gasteiger charge is 2.18. The average Bonchev–Trinajstić information content (AvgIpc) is 2.26. The van der Waals surface area contributed by atoms with Gasteiger partial charge in [0.2, 0.25) is 0 Å². The summed E-state index contributed by atoms with van der Waals surface area (Å²) in [7, 11) is 0. The van der Waals surface area contributed by atoms with Crippen LogP contribution in [0, 0.1) is 0 Å². The van der Waals surface area contributed by atoms with E-state index in [0.29, 0.717) is 18.3 Å². The van der Waals surface area contributed by atoms with E-state index < -0.39 is 12.1 Å². The first-order chi connectivity index (χ1) is 7.58. The van der Waals surface area contributed by atoms with Gasteiger partial charge in [-0.3, -0.25) is 4.79 Å². The minimum absolute atomic E-state index is 0.285. The smallest absolute Gasteiger partial charge is 0.344 e. The number of ether oxygens (including phenoxy) is 1. The molecule has 0 saturated carbocycles. The van der Waals surface area contributed by atoms with Crippen LogP contribution in [0.1, 0.15) is 23.7 Å². The van der Waals surface area contributed by atoms with E-state index in [1.165, 1.54) is 0 Å². The third kappa shape index (κ3) is 3.06. The lowest BCUT2D eigenvalue weighted by Crippen LogP contribution is -2.26. The predicted molar refractivity (Wildman–Crippen MR) is 61.9 cm³/mol. The van der Waals surface area contributed by atoms with Crippen LogP contribution >= 0.6 is 15.9 Å². The van der Waals surface area contributed by atoms with E-state index >= 15 is 0 Å². The quantitative estimate of drug-likeness (QED) is 0.845. The number of carbonyl (C=O) groups is 2. The Morgan fingerprint density at radius 1 is 1.62 bits per heavy atom. The van der Waals surface area contributed by atoms with Crippen LogP contribution < -0.4 is 4.74 Å². The molecule has 1 rings (SSSR count). The Hall–Kier alpha value is -1.36. The number of hydrogen-bond donors (Lipinski definition) is 1. The van der Waals surface area contributed by atoms with Gasteiger partial charge in [-0.15, -0.1) is 0 Å². The maximum atomic E-state index is 10.8. The van der Waals surface area contributed by atoms with Crippen molar-refractivity contribution in [1.29, 1.82) is 0 Å². The van der Waals surface area contributed by atoms with E-state index in [0.717, 1.165) is 4.47 Å². The Morgan fingerprint density at radius 3 is 2.81 bits per heavy atom. The molecule has 4 nitrogen and oxygen atoms in total. The van der Waals surface area contributed by atoms with Crippen molar-refractivity contribution >= 4 is 28.2 Å². The first-order valence-electron chi connectivity index (χ1n) is 4.72. The molecule has 0 saturated heterocycles. The molecule has 5 heteroatoms. The van der Waals surface area contributed by atoms with Gasteiger partial charge in [0.1, 0.15) is 5.75 Å². The van der Waals surface area contributed by atoms with E-state index in [2.05, 4.69) is 15.9 Å². The van der Waals surface area contributed by atoms with Crippen LogP contribution in [-0.2, 0) is 4.79 Å². The maximum absolute atomic E-state index is 10.8. The molecule has 0 fully saturated rings. The Morgan fingerprint density at radius 2 is 2.31 bits per heavy atom. The fourth-order valence-electron chi connectivity index (χ4n) is 1.18. The Labute approximate surface area is 101 Å². The molecule has 0 aliphatic rings. The number of aldehydes is 1. The summed E-state index contributed by atoms with van der Waals surface area (Å²) in [6.07, 6.45) is 0.0399. The Bertz CT molecular complexity index is 403. The number of hydrogen-bond acceptors (Lipinski definition) is 3. The second-order valence-electron chi connectivity index (χ2n) is 3.15. The van der Waals surface area contributed by atoms with Gasteiger partial charge in [-0.05, 0) is 24.6 Å². The summed E-state index contributed by atoms with van der Waals surface area (Å²) in [5.74, 6) is -0.755. The van der Waals surface area contributed by atoms with Crippen LogP contribution in [0.2, 0.25) is 0 Å². The first-order valence-corrected chi connectivity index (χ1v) is 5.52. The van der Waals surface area contributed by atoms with Crippen LogP contribution in [-0.4, -0.2) is 23.5 Å². The van der Waals surface area contributed by atoms with Gasteiger partial charge in [0.05, 0.1) is 5.56 Å². The number of carbonyl (C=O) groups excluding carboxylic acids is 1. The zero-order chi connectivity index (χ0) is 12.1. The van der Waals surface area contributed by atoms with E-state index in [9.17, 15) is 9.59 Å². The number of rotatable bonds is 5. The SMILES string of the molecule is CC[C@H](Oc1ccc(Br)cc1C=O)C(=O)O. The Kier molecular flexibility index (Phi) is 4.49. The number of aliphatic carboxylic acids is 1. The van der Waals surface area contributed by atoms with Crippen molar-refractivity contribution in [3.05, 3.63) is 28.2 Å². The molecule has 0 amide bonds. The second-order valence-corrected chi connectivity index (χ2v) is 4.07.